The van der Waals surface area contributed by atoms with E-state index in [9.17, 15) is 24.5 Å². The van der Waals surface area contributed by atoms with Crippen molar-refractivity contribution in [1.82, 2.24) is 0 Å². The molecule has 172 valence electrons. The van der Waals surface area contributed by atoms with Gasteiger partial charge in [0.15, 0.2) is 18.1 Å². The number of anilines is 1. The zero-order chi connectivity index (χ0) is 24.0. The van der Waals surface area contributed by atoms with Crippen molar-refractivity contribution < 1.29 is 38.3 Å². The Labute approximate surface area is 187 Å². The highest BCUT2D eigenvalue weighted by molar-refractivity contribution is 7.16. The maximum Gasteiger partial charge on any atom is 0.345 e. The van der Waals surface area contributed by atoms with Crippen LogP contribution in [0.1, 0.15) is 38.1 Å². The van der Waals surface area contributed by atoms with E-state index < -0.39 is 40.6 Å². The first-order valence-corrected chi connectivity index (χ1v) is 10.1. The maximum atomic E-state index is 12.4. The summed E-state index contributed by atoms with van der Waals surface area (Å²) in [7, 11) is 2.60. The number of thiophene rings is 1. The van der Waals surface area contributed by atoms with Gasteiger partial charge in [-0.2, -0.15) is 0 Å². The number of hydrogen-bond donors (Lipinski definition) is 1. The number of ether oxygens (including phenoxy) is 4. The maximum absolute atomic E-state index is 12.4. The van der Waals surface area contributed by atoms with Crippen molar-refractivity contribution in [2.75, 3.05) is 32.8 Å². The van der Waals surface area contributed by atoms with E-state index in [0.29, 0.717) is 5.56 Å². The molecule has 12 heteroatoms. The molecule has 1 heterocycles. The molecule has 0 aliphatic carbocycles. The molecule has 0 unspecified atom stereocenters. The standard InChI is InChI=1S/C20H22N2O9S/c1-6-30-20(25)17-10(2)11(3)32-18(17)21-16(23)9-31-19(24)12-7-14(28-4)15(29-5)8-13(12)22(26)27/h7-8H,6,9H2,1-5H3,(H,21,23). The summed E-state index contributed by atoms with van der Waals surface area (Å²) in [6.07, 6.45) is 0. The van der Waals surface area contributed by atoms with Crippen LogP contribution in [0.5, 0.6) is 11.5 Å². The van der Waals surface area contributed by atoms with Crippen molar-refractivity contribution in [1.29, 1.82) is 0 Å². The molecule has 1 N–H and O–H groups in total. The Balaban J connectivity index is 2.18. The van der Waals surface area contributed by atoms with E-state index in [0.717, 1.165) is 17.0 Å². The lowest BCUT2D eigenvalue weighted by molar-refractivity contribution is -0.385. The van der Waals surface area contributed by atoms with Crippen LogP contribution >= 0.6 is 11.3 Å². The van der Waals surface area contributed by atoms with Crippen molar-refractivity contribution >= 4 is 39.9 Å². The van der Waals surface area contributed by atoms with Crippen LogP contribution in [0.2, 0.25) is 0 Å². The highest BCUT2D eigenvalue weighted by atomic mass is 32.1. The molecule has 1 amide bonds. The summed E-state index contributed by atoms with van der Waals surface area (Å²) >= 11 is 1.18. The number of rotatable bonds is 9. The molecule has 0 spiro atoms. The van der Waals surface area contributed by atoms with E-state index in [1.54, 1.807) is 20.8 Å². The van der Waals surface area contributed by atoms with E-state index in [1.165, 1.54) is 25.6 Å². The van der Waals surface area contributed by atoms with E-state index >= 15 is 0 Å². The Bertz CT molecular complexity index is 1060. The summed E-state index contributed by atoms with van der Waals surface area (Å²) in [6, 6.07) is 2.13. The number of carbonyl (C=O) groups is 3. The first-order valence-electron chi connectivity index (χ1n) is 9.29. The summed E-state index contributed by atoms with van der Waals surface area (Å²) in [5.41, 5.74) is -0.0797. The molecule has 0 aliphatic rings. The van der Waals surface area contributed by atoms with Gasteiger partial charge in [-0.25, -0.2) is 9.59 Å². The highest BCUT2D eigenvalue weighted by Crippen LogP contribution is 2.35. The van der Waals surface area contributed by atoms with Gasteiger partial charge in [0.05, 0.1) is 37.4 Å². The predicted molar refractivity (Wildman–Crippen MR) is 115 cm³/mol. The van der Waals surface area contributed by atoms with E-state index in [4.69, 9.17) is 18.9 Å². The first kappa shape index (κ1) is 24.6. The Morgan fingerprint density at radius 2 is 1.69 bits per heavy atom. The molecule has 0 aliphatic heterocycles. The fraction of sp³-hybridized carbons (Fsp3) is 0.350. The summed E-state index contributed by atoms with van der Waals surface area (Å²) in [6.45, 7) is 4.61. The number of nitro groups is 1. The van der Waals surface area contributed by atoms with Crippen molar-refractivity contribution in [3.63, 3.8) is 0 Å². The van der Waals surface area contributed by atoms with Crippen molar-refractivity contribution in [2.45, 2.75) is 20.8 Å². The molecule has 32 heavy (non-hydrogen) atoms. The van der Waals surface area contributed by atoms with Crippen LogP contribution in [0.4, 0.5) is 10.7 Å². The fourth-order valence-electron chi connectivity index (χ4n) is 2.72. The second-order valence-corrected chi connectivity index (χ2v) is 7.54. The van der Waals surface area contributed by atoms with Crippen LogP contribution in [0, 0.1) is 24.0 Å². The normalized spacial score (nSPS) is 10.3. The lowest BCUT2D eigenvalue weighted by Gasteiger charge is -2.11. The van der Waals surface area contributed by atoms with Gasteiger partial charge in [-0.1, -0.05) is 0 Å². The largest absolute Gasteiger partial charge is 0.493 e. The van der Waals surface area contributed by atoms with Crippen molar-refractivity contribution in [3.8, 4) is 11.5 Å². The fourth-order valence-corrected chi connectivity index (χ4v) is 3.78. The third-order valence-corrected chi connectivity index (χ3v) is 5.49. The number of methoxy groups -OCH3 is 2. The SMILES string of the molecule is CCOC(=O)c1c(NC(=O)COC(=O)c2cc(OC)c(OC)cc2[N+](=O)[O-])sc(C)c1C. The number of nitrogens with zero attached hydrogens (tertiary/aromatic N) is 1. The van der Waals surface area contributed by atoms with E-state index in [-0.39, 0.29) is 28.7 Å². The second-order valence-electron chi connectivity index (χ2n) is 6.31. The highest BCUT2D eigenvalue weighted by Gasteiger charge is 2.27. The van der Waals surface area contributed by atoms with Crippen LogP contribution in [0.25, 0.3) is 0 Å². The van der Waals surface area contributed by atoms with Crippen LogP contribution in [-0.4, -0.2) is 50.2 Å². The molecule has 0 radical (unpaired) electrons. The second kappa shape index (κ2) is 10.6. The van der Waals surface area contributed by atoms with Crippen LogP contribution in [0.3, 0.4) is 0 Å². The molecule has 0 saturated carbocycles. The lowest BCUT2D eigenvalue weighted by Crippen LogP contribution is -2.22. The van der Waals surface area contributed by atoms with Crippen LogP contribution < -0.4 is 14.8 Å². The van der Waals surface area contributed by atoms with Crippen LogP contribution in [0.15, 0.2) is 12.1 Å². The number of benzene rings is 1. The number of nitro benzene ring substituents is 1. The Kier molecular flexibility index (Phi) is 8.13. The molecule has 1 aromatic heterocycles. The third-order valence-electron chi connectivity index (χ3n) is 4.37. The molecule has 0 bridgehead atoms. The predicted octanol–water partition coefficient (Wildman–Crippen LogP) is 3.26. The molecule has 1 aromatic carbocycles. The Morgan fingerprint density at radius 3 is 2.25 bits per heavy atom. The van der Waals surface area contributed by atoms with E-state index in [1.807, 2.05) is 0 Å². The number of carbonyl (C=O) groups excluding carboxylic acids is 3. The van der Waals surface area contributed by atoms with Gasteiger partial charge in [0.25, 0.3) is 11.6 Å². The van der Waals surface area contributed by atoms with Gasteiger partial charge in [-0.05, 0) is 26.3 Å². The van der Waals surface area contributed by atoms with Gasteiger partial charge >= 0.3 is 11.9 Å². The Hall–Kier alpha value is -3.67. The van der Waals surface area contributed by atoms with Gasteiger partial charge in [-0.3, -0.25) is 14.9 Å². The van der Waals surface area contributed by atoms with Gasteiger partial charge in [0.2, 0.25) is 0 Å². The molecule has 2 rings (SSSR count). The smallest absolute Gasteiger partial charge is 0.345 e. The molecule has 0 saturated heterocycles. The minimum absolute atomic E-state index is 0.0587. The summed E-state index contributed by atoms with van der Waals surface area (Å²) in [5, 5.41) is 14.1. The molecule has 2 aromatic rings. The molecule has 11 nitrogen and oxygen atoms in total. The number of aryl methyl sites for hydroxylation is 1. The topological polar surface area (TPSA) is 143 Å². The number of nitrogens with one attached hydrogen (secondary N) is 1. The average Bonchev–Trinajstić information content (AvgIpc) is 3.03. The summed E-state index contributed by atoms with van der Waals surface area (Å²) < 4.78 is 20.0. The molecule has 0 fully saturated rings. The number of hydrogen-bond acceptors (Lipinski definition) is 10. The minimum Gasteiger partial charge on any atom is -0.493 e. The monoisotopic (exact) mass is 466 g/mol. The minimum atomic E-state index is -1.10. The quantitative estimate of drug-likeness (QED) is 0.334. The zero-order valence-electron chi connectivity index (χ0n) is 18.1. The third kappa shape index (κ3) is 5.32. The van der Waals surface area contributed by atoms with E-state index in [2.05, 4.69) is 5.32 Å². The van der Waals surface area contributed by atoms with Gasteiger partial charge < -0.3 is 24.3 Å². The van der Waals surface area contributed by atoms with Gasteiger partial charge in [0, 0.05) is 10.9 Å². The Morgan fingerprint density at radius 1 is 1.06 bits per heavy atom. The zero-order valence-corrected chi connectivity index (χ0v) is 18.9. The average molecular weight is 466 g/mol. The summed E-state index contributed by atoms with van der Waals surface area (Å²) in [5.74, 6) is -2.27. The van der Waals surface area contributed by atoms with Gasteiger partial charge in [-0.15, -0.1) is 11.3 Å². The van der Waals surface area contributed by atoms with Gasteiger partial charge in [0.1, 0.15) is 10.6 Å². The summed E-state index contributed by atoms with van der Waals surface area (Å²) in [4.78, 5) is 48.4. The van der Waals surface area contributed by atoms with Crippen LogP contribution in [-0.2, 0) is 14.3 Å². The lowest BCUT2D eigenvalue weighted by atomic mass is 10.1. The van der Waals surface area contributed by atoms with Crippen molar-refractivity contribution in [3.05, 3.63) is 43.8 Å². The first-order chi connectivity index (χ1) is 15.1. The number of amides is 1. The van der Waals surface area contributed by atoms with Crippen molar-refractivity contribution in [2.24, 2.45) is 0 Å². The molecular weight excluding hydrogens is 444 g/mol. The molecular formula is C20H22N2O9S. The molecule has 0 atom stereocenters. The number of esters is 2.